The molecule has 2 aromatic carbocycles. The minimum Gasteiger partial charge on any atom is -0.481 e. The molecule has 5 rings (SSSR count). The van der Waals surface area contributed by atoms with Gasteiger partial charge in [0.1, 0.15) is 23.0 Å². The second kappa shape index (κ2) is 8.75. The molecule has 35 heavy (non-hydrogen) atoms. The normalized spacial score (nSPS) is 14.8. The van der Waals surface area contributed by atoms with Gasteiger partial charge in [-0.2, -0.15) is 5.10 Å². The number of amides is 1. The topological polar surface area (TPSA) is 133 Å². The van der Waals surface area contributed by atoms with Gasteiger partial charge in [0.2, 0.25) is 0 Å². The van der Waals surface area contributed by atoms with Crippen molar-refractivity contribution in [2.75, 3.05) is 5.32 Å². The molecule has 0 spiro atoms. The summed E-state index contributed by atoms with van der Waals surface area (Å²) in [6.45, 7) is 3.64. The van der Waals surface area contributed by atoms with Gasteiger partial charge in [-0.1, -0.05) is 54.6 Å². The maximum Gasteiger partial charge on any atom is 0.412 e. The van der Waals surface area contributed by atoms with Crippen molar-refractivity contribution in [3.8, 4) is 22.6 Å². The molecule has 2 aromatic heterocycles. The fraction of sp³-hybridized carbons (Fsp3) is 0.231. The number of carbonyl (C=O) groups is 2. The number of aromatic nitrogens is 4. The van der Waals surface area contributed by atoms with Gasteiger partial charge in [0, 0.05) is 17.3 Å². The number of aryl methyl sites for hydroxylation is 1. The summed E-state index contributed by atoms with van der Waals surface area (Å²) in [7, 11) is 0. The first-order valence-corrected chi connectivity index (χ1v) is 11.3. The Hall–Kier alpha value is -4.40. The van der Waals surface area contributed by atoms with E-state index in [9.17, 15) is 14.7 Å². The summed E-state index contributed by atoms with van der Waals surface area (Å²) in [5.74, 6) is -0.220. The monoisotopic (exact) mass is 471 g/mol. The molecule has 178 valence electrons. The van der Waals surface area contributed by atoms with Gasteiger partial charge < -0.3 is 14.8 Å². The maximum absolute atomic E-state index is 12.6. The number of benzene rings is 2. The highest BCUT2D eigenvalue weighted by atomic mass is 16.6. The molecule has 9 heteroatoms. The number of carbonyl (C=O) groups excluding carboxylic acids is 1. The van der Waals surface area contributed by atoms with Crippen LogP contribution in [-0.2, 0) is 14.9 Å². The molecule has 0 saturated heterocycles. The van der Waals surface area contributed by atoms with Crippen molar-refractivity contribution in [3.63, 3.8) is 0 Å². The number of rotatable bonds is 7. The quantitative estimate of drug-likeness (QED) is 0.293. The standard InChI is InChI=1S/C26H25N5O4/c1-15-21(29-25(34)35-16(2)17-6-4-3-5-7-17)22(31-30-15)18-8-10-19(11-9-18)23-27-14-20(28-23)26(12-13-26)24(32)33/h3-11,14,16H,12-13H2,1-2H3,(H,27,28)(H,29,34)(H,30,31)(H,32,33). The number of carboxylic acid groups (broad SMARTS) is 1. The number of hydrogen-bond donors (Lipinski definition) is 4. The lowest BCUT2D eigenvalue weighted by Crippen LogP contribution is -2.19. The Balaban J connectivity index is 1.31. The Morgan fingerprint density at radius 2 is 1.77 bits per heavy atom. The van der Waals surface area contributed by atoms with Crippen LogP contribution in [0.15, 0.2) is 60.8 Å². The van der Waals surface area contributed by atoms with Crippen molar-refractivity contribution in [1.82, 2.24) is 20.2 Å². The van der Waals surface area contributed by atoms with Crippen molar-refractivity contribution in [1.29, 1.82) is 0 Å². The van der Waals surface area contributed by atoms with Crippen LogP contribution in [0.2, 0.25) is 0 Å². The SMILES string of the molecule is Cc1[nH]nc(-c2ccc(-c3ncc(C4(C(=O)O)CC4)[nH]3)cc2)c1NC(=O)OC(C)c1ccccc1. The summed E-state index contributed by atoms with van der Waals surface area (Å²) in [5.41, 5.74) is 4.14. The zero-order valence-electron chi connectivity index (χ0n) is 19.3. The van der Waals surface area contributed by atoms with Crippen LogP contribution in [0, 0.1) is 6.92 Å². The molecular weight excluding hydrogens is 446 g/mol. The van der Waals surface area contributed by atoms with E-state index in [1.807, 2.05) is 68.4 Å². The minimum atomic E-state index is -0.828. The van der Waals surface area contributed by atoms with Crippen molar-refractivity contribution < 1.29 is 19.4 Å². The van der Waals surface area contributed by atoms with Gasteiger partial charge in [-0.25, -0.2) is 9.78 Å². The van der Waals surface area contributed by atoms with E-state index in [0.717, 1.165) is 16.7 Å². The summed E-state index contributed by atoms with van der Waals surface area (Å²) in [4.78, 5) is 31.7. The van der Waals surface area contributed by atoms with E-state index in [2.05, 4.69) is 25.5 Å². The lowest BCUT2D eigenvalue weighted by atomic mass is 10.0. The van der Waals surface area contributed by atoms with Crippen LogP contribution in [-0.4, -0.2) is 37.3 Å². The largest absolute Gasteiger partial charge is 0.481 e. The molecule has 1 aliphatic rings. The average molecular weight is 472 g/mol. The number of nitrogens with one attached hydrogen (secondary N) is 3. The number of aliphatic carboxylic acids is 1. The number of imidazole rings is 1. The van der Waals surface area contributed by atoms with Gasteiger partial charge in [0.15, 0.2) is 0 Å². The van der Waals surface area contributed by atoms with Crippen LogP contribution in [0.1, 0.15) is 42.8 Å². The fourth-order valence-electron chi connectivity index (χ4n) is 4.10. The van der Waals surface area contributed by atoms with Crippen LogP contribution in [0.5, 0.6) is 0 Å². The highest BCUT2D eigenvalue weighted by Gasteiger charge is 2.53. The van der Waals surface area contributed by atoms with Crippen LogP contribution in [0.25, 0.3) is 22.6 Å². The van der Waals surface area contributed by atoms with E-state index < -0.39 is 23.6 Å². The molecule has 4 aromatic rings. The predicted octanol–water partition coefficient (Wildman–Crippen LogP) is 5.20. The van der Waals surface area contributed by atoms with Gasteiger partial charge in [0.25, 0.3) is 0 Å². The summed E-state index contributed by atoms with van der Waals surface area (Å²) in [6.07, 6.45) is 1.86. The Morgan fingerprint density at radius 1 is 1.09 bits per heavy atom. The zero-order chi connectivity index (χ0) is 24.6. The molecule has 1 fully saturated rings. The fourth-order valence-corrected chi connectivity index (χ4v) is 4.10. The molecule has 0 aliphatic heterocycles. The smallest absolute Gasteiger partial charge is 0.412 e. The Kier molecular flexibility index (Phi) is 5.60. The van der Waals surface area contributed by atoms with Crippen LogP contribution < -0.4 is 5.32 Å². The van der Waals surface area contributed by atoms with E-state index in [0.29, 0.717) is 41.4 Å². The number of H-pyrrole nitrogens is 2. The molecule has 9 nitrogen and oxygen atoms in total. The third-order valence-electron chi connectivity index (χ3n) is 6.41. The van der Waals surface area contributed by atoms with E-state index in [-0.39, 0.29) is 0 Å². The van der Waals surface area contributed by atoms with E-state index in [1.165, 1.54) is 0 Å². The van der Waals surface area contributed by atoms with E-state index in [1.54, 1.807) is 6.20 Å². The first-order chi connectivity index (χ1) is 16.9. The third kappa shape index (κ3) is 4.28. The van der Waals surface area contributed by atoms with Crippen LogP contribution >= 0.6 is 0 Å². The zero-order valence-corrected chi connectivity index (χ0v) is 19.3. The third-order valence-corrected chi connectivity index (χ3v) is 6.41. The maximum atomic E-state index is 12.6. The molecule has 2 heterocycles. The number of anilines is 1. The van der Waals surface area contributed by atoms with Crippen molar-refractivity contribution in [2.45, 2.75) is 38.2 Å². The molecule has 1 unspecified atom stereocenters. The first kappa shape index (κ1) is 22.4. The molecule has 4 N–H and O–H groups in total. The second-order valence-electron chi connectivity index (χ2n) is 8.77. The molecule has 1 aliphatic carbocycles. The molecule has 1 saturated carbocycles. The molecule has 1 amide bonds. The first-order valence-electron chi connectivity index (χ1n) is 11.3. The lowest BCUT2D eigenvalue weighted by Gasteiger charge is -2.14. The number of hydrogen-bond acceptors (Lipinski definition) is 5. The predicted molar refractivity (Wildman–Crippen MR) is 130 cm³/mol. The van der Waals surface area contributed by atoms with Gasteiger partial charge in [-0.05, 0) is 32.3 Å². The van der Waals surface area contributed by atoms with Crippen LogP contribution in [0.3, 0.4) is 0 Å². The summed E-state index contributed by atoms with van der Waals surface area (Å²) in [6, 6.07) is 17.0. The summed E-state index contributed by atoms with van der Waals surface area (Å²) in [5, 5.41) is 19.6. The second-order valence-corrected chi connectivity index (χ2v) is 8.77. The minimum absolute atomic E-state index is 0.403. The number of ether oxygens (including phenoxy) is 1. The Labute approximate surface area is 201 Å². The summed E-state index contributed by atoms with van der Waals surface area (Å²) >= 11 is 0. The highest BCUT2D eigenvalue weighted by molar-refractivity contribution is 5.91. The Bertz CT molecular complexity index is 1370. The molecule has 0 radical (unpaired) electrons. The number of aromatic amines is 2. The van der Waals surface area contributed by atoms with Gasteiger partial charge in [0.05, 0.1) is 17.1 Å². The average Bonchev–Trinajstić information content (AvgIpc) is 3.40. The van der Waals surface area contributed by atoms with Crippen molar-refractivity contribution >= 4 is 17.7 Å². The van der Waals surface area contributed by atoms with Crippen LogP contribution in [0.4, 0.5) is 10.5 Å². The van der Waals surface area contributed by atoms with E-state index >= 15 is 0 Å². The Morgan fingerprint density at radius 3 is 2.43 bits per heavy atom. The number of nitrogens with zero attached hydrogens (tertiary/aromatic N) is 2. The van der Waals surface area contributed by atoms with Crippen molar-refractivity contribution in [2.24, 2.45) is 0 Å². The molecule has 0 bridgehead atoms. The van der Waals surface area contributed by atoms with Gasteiger partial charge in [-0.3, -0.25) is 15.2 Å². The lowest BCUT2D eigenvalue weighted by molar-refractivity contribution is -0.140. The van der Waals surface area contributed by atoms with Crippen molar-refractivity contribution in [3.05, 3.63) is 77.7 Å². The van der Waals surface area contributed by atoms with Gasteiger partial charge >= 0.3 is 12.1 Å². The van der Waals surface area contributed by atoms with E-state index in [4.69, 9.17) is 4.74 Å². The molecule has 1 atom stereocenters. The molecular formula is C26H25N5O4. The highest BCUT2D eigenvalue weighted by Crippen LogP contribution is 2.48. The summed E-state index contributed by atoms with van der Waals surface area (Å²) < 4.78 is 5.54. The number of carboxylic acids is 1. The van der Waals surface area contributed by atoms with Gasteiger partial charge in [-0.15, -0.1) is 0 Å².